The lowest BCUT2D eigenvalue weighted by molar-refractivity contribution is -0.142. The van der Waals surface area contributed by atoms with Gasteiger partial charge in [0.15, 0.2) is 0 Å². The Hall–Kier alpha value is -1.36. The molecule has 0 radical (unpaired) electrons. The number of hydrogen-bond donors (Lipinski definition) is 2. The van der Waals surface area contributed by atoms with E-state index in [2.05, 4.69) is 21.2 Å². The molecular formula is C13H14BrNO3. The van der Waals surface area contributed by atoms with Crippen LogP contribution < -0.4 is 5.32 Å². The maximum atomic E-state index is 12.0. The van der Waals surface area contributed by atoms with Crippen molar-refractivity contribution in [2.24, 2.45) is 5.92 Å². The summed E-state index contributed by atoms with van der Waals surface area (Å²) in [6, 6.07) is 6.80. The van der Waals surface area contributed by atoms with Gasteiger partial charge in [-0.05, 0) is 31.0 Å². The van der Waals surface area contributed by atoms with Crippen LogP contribution in [0.2, 0.25) is 0 Å². The van der Waals surface area contributed by atoms with E-state index in [9.17, 15) is 9.59 Å². The minimum Gasteiger partial charge on any atom is -0.481 e. The number of nitrogens with one attached hydrogen (secondary N) is 1. The Bertz CT molecular complexity index is 475. The Kier molecular flexibility index (Phi) is 4.01. The molecule has 0 bridgehead atoms. The van der Waals surface area contributed by atoms with Crippen LogP contribution in [0.4, 0.5) is 0 Å². The second kappa shape index (κ2) is 5.52. The first-order valence-electron chi connectivity index (χ1n) is 5.87. The summed E-state index contributed by atoms with van der Waals surface area (Å²) in [6.45, 7) is 0. The van der Waals surface area contributed by atoms with Crippen LogP contribution in [0, 0.1) is 5.92 Å². The van der Waals surface area contributed by atoms with Gasteiger partial charge in [0.1, 0.15) is 0 Å². The molecule has 1 fully saturated rings. The van der Waals surface area contributed by atoms with Crippen molar-refractivity contribution in [2.45, 2.75) is 25.3 Å². The lowest BCUT2D eigenvalue weighted by Crippen LogP contribution is -2.40. The number of hydrogen-bond acceptors (Lipinski definition) is 2. The molecule has 0 spiro atoms. The fourth-order valence-electron chi connectivity index (χ4n) is 2.31. The normalized spacial score (nSPS) is 22.7. The van der Waals surface area contributed by atoms with E-state index in [1.165, 1.54) is 0 Å². The summed E-state index contributed by atoms with van der Waals surface area (Å²) in [6.07, 6.45) is 2.22. The summed E-state index contributed by atoms with van der Waals surface area (Å²) in [7, 11) is 0. The van der Waals surface area contributed by atoms with E-state index in [0.29, 0.717) is 12.0 Å². The first-order valence-corrected chi connectivity index (χ1v) is 6.66. The monoisotopic (exact) mass is 311 g/mol. The lowest BCUT2D eigenvalue weighted by atomic mass is 10.0. The first kappa shape index (κ1) is 13.1. The average molecular weight is 312 g/mol. The van der Waals surface area contributed by atoms with E-state index < -0.39 is 11.9 Å². The van der Waals surface area contributed by atoms with E-state index in [-0.39, 0.29) is 11.9 Å². The molecule has 0 aromatic heterocycles. The maximum absolute atomic E-state index is 12.0. The molecule has 2 N–H and O–H groups in total. The highest BCUT2D eigenvalue weighted by Crippen LogP contribution is 2.26. The number of amides is 1. The molecule has 1 aromatic carbocycles. The average Bonchev–Trinajstić information content (AvgIpc) is 2.77. The van der Waals surface area contributed by atoms with Crippen LogP contribution in [0.3, 0.4) is 0 Å². The molecule has 1 aliphatic carbocycles. The Balaban J connectivity index is 2.05. The van der Waals surface area contributed by atoms with Gasteiger partial charge in [-0.1, -0.05) is 28.4 Å². The molecule has 0 unspecified atom stereocenters. The van der Waals surface area contributed by atoms with Crippen molar-refractivity contribution < 1.29 is 14.7 Å². The molecule has 0 aliphatic heterocycles. The van der Waals surface area contributed by atoms with Gasteiger partial charge in [-0.2, -0.15) is 0 Å². The summed E-state index contributed by atoms with van der Waals surface area (Å²) in [5.74, 6) is -1.50. The van der Waals surface area contributed by atoms with Gasteiger partial charge in [0.25, 0.3) is 5.91 Å². The molecule has 1 amide bonds. The summed E-state index contributed by atoms with van der Waals surface area (Å²) >= 11 is 3.30. The predicted molar refractivity (Wildman–Crippen MR) is 70.4 cm³/mol. The summed E-state index contributed by atoms with van der Waals surface area (Å²) in [5.41, 5.74) is 0.542. The fourth-order valence-corrected chi connectivity index (χ4v) is 2.71. The summed E-state index contributed by atoms with van der Waals surface area (Å²) in [4.78, 5) is 23.0. The van der Waals surface area contributed by atoms with Crippen LogP contribution in [0.25, 0.3) is 0 Å². The molecule has 4 nitrogen and oxygen atoms in total. The third-order valence-electron chi connectivity index (χ3n) is 3.24. The van der Waals surface area contributed by atoms with Gasteiger partial charge in [0.05, 0.1) is 5.92 Å². The zero-order chi connectivity index (χ0) is 13.1. The fraction of sp³-hybridized carbons (Fsp3) is 0.385. The topological polar surface area (TPSA) is 66.4 Å². The van der Waals surface area contributed by atoms with E-state index >= 15 is 0 Å². The number of benzene rings is 1. The Morgan fingerprint density at radius 2 is 2.11 bits per heavy atom. The molecule has 1 saturated carbocycles. The smallest absolute Gasteiger partial charge is 0.308 e. The highest BCUT2D eigenvalue weighted by Gasteiger charge is 2.33. The van der Waals surface area contributed by atoms with E-state index in [4.69, 9.17) is 5.11 Å². The van der Waals surface area contributed by atoms with Gasteiger partial charge >= 0.3 is 5.97 Å². The summed E-state index contributed by atoms with van der Waals surface area (Å²) in [5, 5.41) is 11.9. The third-order valence-corrected chi connectivity index (χ3v) is 3.73. The van der Waals surface area contributed by atoms with Crippen LogP contribution in [0.15, 0.2) is 28.7 Å². The largest absolute Gasteiger partial charge is 0.481 e. The van der Waals surface area contributed by atoms with Crippen LogP contribution in [-0.4, -0.2) is 23.0 Å². The second-order valence-corrected chi connectivity index (χ2v) is 5.38. The molecule has 0 saturated heterocycles. The quantitative estimate of drug-likeness (QED) is 0.901. The van der Waals surface area contributed by atoms with Gasteiger partial charge in [-0.15, -0.1) is 0 Å². The lowest BCUT2D eigenvalue weighted by Gasteiger charge is -2.17. The van der Waals surface area contributed by atoms with Crippen LogP contribution in [-0.2, 0) is 4.79 Å². The van der Waals surface area contributed by atoms with Crippen LogP contribution in [0.1, 0.15) is 29.6 Å². The molecule has 2 atom stereocenters. The number of halogens is 1. The highest BCUT2D eigenvalue weighted by molar-refractivity contribution is 9.10. The van der Waals surface area contributed by atoms with Gasteiger partial charge in [-0.25, -0.2) is 0 Å². The third kappa shape index (κ3) is 2.90. The highest BCUT2D eigenvalue weighted by atomic mass is 79.9. The van der Waals surface area contributed by atoms with E-state index in [0.717, 1.165) is 17.3 Å². The van der Waals surface area contributed by atoms with Crippen molar-refractivity contribution in [1.29, 1.82) is 0 Å². The van der Waals surface area contributed by atoms with Crippen LogP contribution in [0.5, 0.6) is 0 Å². The molecule has 1 aromatic rings. The van der Waals surface area contributed by atoms with Gasteiger partial charge in [0, 0.05) is 16.1 Å². The molecule has 2 rings (SSSR count). The number of carboxylic acid groups (broad SMARTS) is 1. The Morgan fingerprint density at radius 3 is 2.78 bits per heavy atom. The van der Waals surface area contributed by atoms with Crippen molar-refractivity contribution >= 4 is 27.8 Å². The number of aliphatic carboxylic acids is 1. The van der Waals surface area contributed by atoms with Crippen molar-refractivity contribution in [3.8, 4) is 0 Å². The van der Waals surface area contributed by atoms with Gasteiger partial charge in [0.2, 0.25) is 0 Å². The second-order valence-electron chi connectivity index (χ2n) is 4.47. The SMILES string of the molecule is O=C(N[C@H]1CCC[C@H]1C(=O)O)c1cccc(Br)c1. The molecule has 1 aliphatic rings. The van der Waals surface area contributed by atoms with E-state index in [1.54, 1.807) is 18.2 Å². The molecule has 96 valence electrons. The number of rotatable bonds is 3. The molecule has 0 heterocycles. The minimum atomic E-state index is -0.827. The van der Waals surface area contributed by atoms with Gasteiger partial charge < -0.3 is 10.4 Å². The van der Waals surface area contributed by atoms with Gasteiger partial charge in [-0.3, -0.25) is 9.59 Å². The predicted octanol–water partition coefficient (Wildman–Crippen LogP) is 2.43. The van der Waals surface area contributed by atoms with E-state index in [1.807, 2.05) is 6.07 Å². The van der Waals surface area contributed by atoms with Crippen molar-refractivity contribution in [1.82, 2.24) is 5.32 Å². The van der Waals surface area contributed by atoms with Crippen LogP contribution >= 0.6 is 15.9 Å². The maximum Gasteiger partial charge on any atom is 0.308 e. The summed E-state index contributed by atoms with van der Waals surface area (Å²) < 4.78 is 0.830. The number of carbonyl (C=O) groups excluding carboxylic acids is 1. The number of carbonyl (C=O) groups is 2. The zero-order valence-corrected chi connectivity index (χ0v) is 11.3. The minimum absolute atomic E-state index is 0.213. The number of carboxylic acids is 1. The van der Waals surface area contributed by atoms with Crippen molar-refractivity contribution in [3.63, 3.8) is 0 Å². The zero-order valence-electron chi connectivity index (χ0n) is 9.73. The standard InChI is InChI=1S/C13H14BrNO3/c14-9-4-1-3-8(7-9)12(16)15-11-6-2-5-10(11)13(17)18/h1,3-4,7,10-11H,2,5-6H2,(H,15,16)(H,17,18)/t10-,11+/m1/s1. The Labute approximate surface area is 114 Å². The van der Waals surface area contributed by atoms with Crippen molar-refractivity contribution in [3.05, 3.63) is 34.3 Å². The van der Waals surface area contributed by atoms with Crippen molar-refractivity contribution in [2.75, 3.05) is 0 Å². The first-order chi connectivity index (χ1) is 8.58. The molecule has 18 heavy (non-hydrogen) atoms. The molecule has 5 heteroatoms. The molecular weight excluding hydrogens is 298 g/mol. The Morgan fingerprint density at radius 1 is 1.33 bits per heavy atom.